The monoisotopic (exact) mass is 886 g/mol. The van der Waals surface area contributed by atoms with E-state index in [1.807, 2.05) is 69.3 Å². The lowest BCUT2D eigenvalue weighted by atomic mass is 9.84. The van der Waals surface area contributed by atoms with E-state index in [1.54, 1.807) is 25.4 Å². The molecule has 4 heterocycles. The van der Waals surface area contributed by atoms with E-state index in [9.17, 15) is 24.3 Å². The zero-order chi connectivity index (χ0) is 46.6. The van der Waals surface area contributed by atoms with Gasteiger partial charge >= 0.3 is 12.1 Å². The number of aryl methyl sites for hydroxylation is 1. The molecule has 2 aliphatic heterocycles. The van der Waals surface area contributed by atoms with Gasteiger partial charge in [0.1, 0.15) is 30.5 Å². The lowest BCUT2D eigenvalue weighted by Gasteiger charge is -2.36. The number of carbonyl (C=O) groups is 4. The van der Waals surface area contributed by atoms with Crippen LogP contribution in [0.5, 0.6) is 5.75 Å². The number of hydrogen-bond donors (Lipinski definition) is 3. The molecule has 0 unspecified atom stereocenters. The number of ether oxygens (including phenoxy) is 3. The van der Waals surface area contributed by atoms with Crippen LogP contribution in [-0.4, -0.2) is 93.9 Å². The Morgan fingerprint density at radius 3 is 2.52 bits per heavy atom. The quantitative estimate of drug-likeness (QED) is 0.118. The van der Waals surface area contributed by atoms with Crippen molar-refractivity contribution in [2.24, 2.45) is 11.3 Å². The second kappa shape index (κ2) is 19.9. The van der Waals surface area contributed by atoms with Gasteiger partial charge in [-0.1, -0.05) is 70.2 Å². The number of fused-ring (bicyclic) bond motifs is 6. The highest BCUT2D eigenvalue weighted by atomic mass is 16.6. The molecule has 3 N–H and O–H groups in total. The maximum absolute atomic E-state index is 14.7. The standard InChI is InChI=1S/C51H62N6O8/c1-9-56-43-20-19-35-27-39(43)40(46(56)38-17-13-21-52-44(38)32(4)63-8)28-51(5,6)30-65-49(61)41-18-14-22-57(54-41)48(60)42(25-34-23-36(35)26-37(58)24-34)53-47(59)45(31(2)3)55(7)50(62)64-29-33-15-11-10-12-16-33/h10-13,15-17,19-21,23-24,26-27,31-32,41-42,45,54,58H,9,14,18,22,25,28-30H2,1-8H3,(H,53,59)/t32-,41-,42-,45-/m0/s1. The average molecular weight is 887 g/mol. The number of carbonyl (C=O) groups excluding carboxylic acids is 4. The van der Waals surface area contributed by atoms with Gasteiger partial charge in [-0.2, -0.15) is 0 Å². The SMILES string of the molecule is CCn1c(-c2cccnc2[C@H](C)OC)c2c3cc(ccc31)-c1cc(O)cc(c1)C[C@H](NC(=O)[C@H](C(C)C)N(C)C(=O)OCc1ccccc1)C(=O)N1CCC[C@H](N1)C(=O)OCC(C)(C)C2. The molecular weight excluding hydrogens is 825 g/mol. The van der Waals surface area contributed by atoms with Crippen LogP contribution in [0.4, 0.5) is 4.79 Å². The van der Waals surface area contributed by atoms with Crippen LogP contribution in [0.2, 0.25) is 0 Å². The first-order valence-electron chi connectivity index (χ1n) is 22.5. The van der Waals surface area contributed by atoms with Gasteiger partial charge in [0, 0.05) is 61.7 Å². The van der Waals surface area contributed by atoms with E-state index >= 15 is 0 Å². The van der Waals surface area contributed by atoms with Crippen molar-refractivity contribution in [2.45, 2.75) is 105 Å². The van der Waals surface area contributed by atoms with Crippen LogP contribution in [-0.2, 0) is 54.6 Å². The van der Waals surface area contributed by atoms with Crippen LogP contribution in [0, 0.1) is 11.3 Å². The first-order valence-corrected chi connectivity index (χ1v) is 22.5. The van der Waals surface area contributed by atoms with Gasteiger partial charge in [0.25, 0.3) is 5.91 Å². The summed E-state index contributed by atoms with van der Waals surface area (Å²) >= 11 is 0. The topological polar surface area (TPSA) is 165 Å². The minimum absolute atomic E-state index is 0.00817. The largest absolute Gasteiger partial charge is 0.508 e. The lowest BCUT2D eigenvalue weighted by Crippen LogP contribution is -2.62. The van der Waals surface area contributed by atoms with Crippen LogP contribution < -0.4 is 10.7 Å². The second-order valence-electron chi connectivity index (χ2n) is 18.4. The van der Waals surface area contributed by atoms with E-state index < -0.39 is 47.4 Å². The predicted octanol–water partition coefficient (Wildman–Crippen LogP) is 7.74. The molecule has 0 spiro atoms. The minimum Gasteiger partial charge on any atom is -0.508 e. The Balaban J connectivity index is 1.31. The molecule has 1 fully saturated rings. The van der Waals surface area contributed by atoms with Crippen molar-refractivity contribution in [3.63, 3.8) is 0 Å². The van der Waals surface area contributed by atoms with E-state index in [4.69, 9.17) is 19.2 Å². The first kappa shape index (κ1) is 46.7. The van der Waals surface area contributed by atoms with Crippen LogP contribution in [0.15, 0.2) is 85.1 Å². The number of hydrogen-bond acceptors (Lipinski definition) is 10. The Kier molecular flexibility index (Phi) is 14.3. The highest BCUT2D eigenvalue weighted by Gasteiger charge is 2.38. The van der Waals surface area contributed by atoms with Gasteiger partial charge in [0.2, 0.25) is 5.91 Å². The summed E-state index contributed by atoms with van der Waals surface area (Å²) in [7, 11) is 3.18. The molecule has 2 aliphatic rings. The number of hydrazine groups is 1. The molecule has 3 amide bonds. The number of benzene rings is 3. The summed E-state index contributed by atoms with van der Waals surface area (Å²) in [5.41, 5.74) is 10.4. The smallest absolute Gasteiger partial charge is 0.410 e. The van der Waals surface area contributed by atoms with Crippen LogP contribution in [0.1, 0.15) is 82.9 Å². The molecular formula is C51H62N6O8. The molecule has 0 radical (unpaired) electrons. The zero-order valence-corrected chi connectivity index (χ0v) is 38.7. The van der Waals surface area contributed by atoms with Crippen molar-refractivity contribution in [3.8, 4) is 28.1 Å². The summed E-state index contributed by atoms with van der Waals surface area (Å²) in [5.74, 6) is -1.88. The number of methoxy groups -OCH3 is 1. The van der Waals surface area contributed by atoms with E-state index in [0.717, 1.165) is 50.1 Å². The molecule has 7 rings (SSSR count). The molecule has 14 heteroatoms. The van der Waals surface area contributed by atoms with Crippen molar-refractivity contribution in [1.82, 2.24) is 30.2 Å². The van der Waals surface area contributed by atoms with Crippen molar-refractivity contribution < 1.29 is 38.5 Å². The molecule has 4 atom stereocenters. The summed E-state index contributed by atoms with van der Waals surface area (Å²) in [5, 5.41) is 16.7. The second-order valence-corrected chi connectivity index (χ2v) is 18.4. The van der Waals surface area contributed by atoms with Crippen LogP contribution >= 0.6 is 0 Å². The Morgan fingerprint density at radius 1 is 1.03 bits per heavy atom. The number of phenolic OH excluding ortho intramolecular Hbond substituents is 1. The van der Waals surface area contributed by atoms with Gasteiger partial charge in [0.05, 0.1) is 24.1 Å². The molecule has 0 saturated carbocycles. The molecule has 3 aromatic carbocycles. The van der Waals surface area contributed by atoms with Gasteiger partial charge in [-0.3, -0.25) is 29.3 Å². The molecule has 14 nitrogen and oxygen atoms in total. The normalized spacial score (nSPS) is 18.7. The fourth-order valence-electron chi connectivity index (χ4n) is 9.18. The number of cyclic esters (lactones) is 1. The number of nitrogens with one attached hydrogen (secondary N) is 2. The Hall–Kier alpha value is -6.25. The third-order valence-corrected chi connectivity index (χ3v) is 12.5. The Morgan fingerprint density at radius 2 is 1.80 bits per heavy atom. The lowest BCUT2D eigenvalue weighted by molar-refractivity contribution is -0.155. The first-order chi connectivity index (χ1) is 31.1. The van der Waals surface area contributed by atoms with Crippen molar-refractivity contribution in [3.05, 3.63) is 107 Å². The number of pyridine rings is 1. The number of aromatic nitrogens is 2. The van der Waals surface area contributed by atoms with E-state index in [0.29, 0.717) is 31.4 Å². The van der Waals surface area contributed by atoms with Crippen molar-refractivity contribution in [2.75, 3.05) is 27.3 Å². The number of rotatable bonds is 10. The van der Waals surface area contributed by atoms with Gasteiger partial charge in [0.15, 0.2) is 0 Å². The number of phenols is 1. The van der Waals surface area contributed by atoms with Gasteiger partial charge in [-0.05, 0) is 103 Å². The summed E-state index contributed by atoms with van der Waals surface area (Å²) in [6, 6.07) is 21.7. The Labute approximate surface area is 381 Å². The maximum Gasteiger partial charge on any atom is 0.410 e. The number of amides is 3. The molecule has 344 valence electrons. The molecule has 65 heavy (non-hydrogen) atoms. The fourth-order valence-corrected chi connectivity index (χ4v) is 9.18. The van der Waals surface area contributed by atoms with Gasteiger partial charge in [-0.15, -0.1) is 0 Å². The van der Waals surface area contributed by atoms with Crippen LogP contribution in [0.3, 0.4) is 0 Å². The molecule has 1 saturated heterocycles. The summed E-state index contributed by atoms with van der Waals surface area (Å²) in [4.78, 5) is 62.3. The molecule has 5 aromatic rings. The molecule has 6 bridgehead atoms. The van der Waals surface area contributed by atoms with Gasteiger partial charge in [-0.25, -0.2) is 10.2 Å². The van der Waals surface area contributed by atoms with Crippen LogP contribution in [0.25, 0.3) is 33.3 Å². The number of likely N-dealkylation sites (N-methyl/N-ethyl adjacent to an activating group) is 1. The maximum atomic E-state index is 14.7. The average Bonchev–Trinajstić information content (AvgIpc) is 3.60. The highest BCUT2D eigenvalue weighted by Crippen LogP contribution is 2.42. The summed E-state index contributed by atoms with van der Waals surface area (Å²) in [6.45, 7) is 13.0. The highest BCUT2D eigenvalue weighted by molar-refractivity contribution is 5.96. The van der Waals surface area contributed by atoms with E-state index in [1.165, 1.54) is 17.0 Å². The molecule has 2 aromatic heterocycles. The molecule has 0 aliphatic carbocycles. The number of nitrogens with zero attached hydrogens (tertiary/aromatic N) is 4. The fraction of sp³-hybridized carbons (Fsp3) is 0.431. The van der Waals surface area contributed by atoms with Crippen molar-refractivity contribution >= 4 is 34.8 Å². The van der Waals surface area contributed by atoms with Crippen molar-refractivity contribution in [1.29, 1.82) is 0 Å². The predicted molar refractivity (Wildman–Crippen MR) is 248 cm³/mol. The Bertz CT molecular complexity index is 2540. The number of aromatic hydroxyl groups is 1. The third-order valence-electron chi connectivity index (χ3n) is 12.5. The van der Waals surface area contributed by atoms with E-state index in [2.05, 4.69) is 54.3 Å². The van der Waals surface area contributed by atoms with E-state index in [-0.39, 0.29) is 44.0 Å². The minimum atomic E-state index is -1.16. The van der Waals surface area contributed by atoms with Gasteiger partial charge < -0.3 is 29.2 Å². The number of esters is 1. The third kappa shape index (κ3) is 10.3. The summed E-state index contributed by atoms with van der Waals surface area (Å²) < 4.78 is 19.8. The zero-order valence-electron chi connectivity index (χ0n) is 38.7. The summed E-state index contributed by atoms with van der Waals surface area (Å²) in [6.07, 6.45) is 2.30.